The second-order valence-electron chi connectivity index (χ2n) is 5.13. The van der Waals surface area contributed by atoms with Gasteiger partial charge in [-0.05, 0) is 32.3 Å². The average Bonchev–Trinajstić information content (AvgIpc) is 2.39. The average molecular weight is 265 g/mol. The minimum Gasteiger partial charge on any atom is -0.388 e. The van der Waals surface area contributed by atoms with Crippen molar-refractivity contribution in [2.24, 2.45) is 0 Å². The number of aliphatic hydroxyl groups excluding tert-OH is 1. The van der Waals surface area contributed by atoms with Crippen molar-refractivity contribution in [3.63, 3.8) is 0 Å². The van der Waals surface area contributed by atoms with E-state index in [4.69, 9.17) is 0 Å². The van der Waals surface area contributed by atoms with Gasteiger partial charge in [0.2, 0.25) is 0 Å². The highest BCUT2D eigenvalue weighted by atomic mass is 32.2. The van der Waals surface area contributed by atoms with E-state index in [1.54, 1.807) is 0 Å². The second-order valence-corrected chi connectivity index (χ2v) is 6.45. The molecule has 1 atom stereocenters. The van der Waals surface area contributed by atoms with Crippen molar-refractivity contribution in [3.05, 3.63) is 23.4 Å². The summed E-state index contributed by atoms with van der Waals surface area (Å²) in [5, 5.41) is 11.7. The first-order valence-electron chi connectivity index (χ1n) is 7.03. The topological polar surface area (TPSA) is 33.1 Å². The molecule has 100 valence electrons. The number of rotatable bonds is 4. The Morgan fingerprint density at radius 1 is 1.33 bits per heavy atom. The first kappa shape index (κ1) is 13.9. The van der Waals surface area contributed by atoms with Crippen molar-refractivity contribution in [1.29, 1.82) is 0 Å². The molecule has 2 nitrogen and oxygen atoms in total. The molecular weight excluding hydrogens is 242 g/mol. The Bertz CT molecular complexity index is 388. The summed E-state index contributed by atoms with van der Waals surface area (Å²) in [4.78, 5) is 4.64. The zero-order valence-corrected chi connectivity index (χ0v) is 12.2. The minimum atomic E-state index is -0.369. The van der Waals surface area contributed by atoms with Gasteiger partial charge in [-0.25, -0.2) is 4.98 Å². The van der Waals surface area contributed by atoms with Crippen molar-refractivity contribution < 1.29 is 5.11 Å². The maximum absolute atomic E-state index is 9.88. The van der Waals surface area contributed by atoms with E-state index < -0.39 is 0 Å². The number of hydrogen-bond donors (Lipinski definition) is 1. The van der Waals surface area contributed by atoms with Gasteiger partial charge < -0.3 is 5.11 Å². The molecule has 2 rings (SSSR count). The molecule has 1 aromatic rings. The molecule has 0 amide bonds. The highest BCUT2D eigenvalue weighted by Gasteiger charge is 2.16. The van der Waals surface area contributed by atoms with Crippen LogP contribution in [0.2, 0.25) is 0 Å². The van der Waals surface area contributed by atoms with E-state index in [9.17, 15) is 5.11 Å². The fourth-order valence-electron chi connectivity index (χ4n) is 2.54. The van der Waals surface area contributed by atoms with Crippen LogP contribution in [0.3, 0.4) is 0 Å². The Morgan fingerprint density at radius 2 is 2.06 bits per heavy atom. The van der Waals surface area contributed by atoms with E-state index >= 15 is 0 Å². The standard InChI is InChI=1S/C15H23NOS/c1-3-14(17)13-9-10-15(16-11(13)2)18-12-7-5-4-6-8-12/h9-10,12,14,17H,3-8H2,1-2H3. The molecule has 1 fully saturated rings. The van der Waals surface area contributed by atoms with Crippen molar-refractivity contribution in [1.82, 2.24) is 4.98 Å². The van der Waals surface area contributed by atoms with Gasteiger partial charge >= 0.3 is 0 Å². The van der Waals surface area contributed by atoms with E-state index in [0.717, 1.165) is 28.0 Å². The molecule has 18 heavy (non-hydrogen) atoms. The fourth-order valence-corrected chi connectivity index (χ4v) is 3.79. The molecular formula is C15H23NOS. The van der Waals surface area contributed by atoms with Gasteiger partial charge in [-0.3, -0.25) is 0 Å². The van der Waals surface area contributed by atoms with Crippen LogP contribution in [-0.2, 0) is 0 Å². The summed E-state index contributed by atoms with van der Waals surface area (Å²) in [6.45, 7) is 3.99. The van der Waals surface area contributed by atoms with Crippen LogP contribution in [0, 0.1) is 6.92 Å². The van der Waals surface area contributed by atoms with Gasteiger partial charge in [-0.1, -0.05) is 32.3 Å². The highest BCUT2D eigenvalue weighted by molar-refractivity contribution is 7.99. The second kappa shape index (κ2) is 6.58. The van der Waals surface area contributed by atoms with Crippen molar-refractivity contribution in [3.8, 4) is 0 Å². The third-order valence-corrected chi connectivity index (χ3v) is 4.96. The van der Waals surface area contributed by atoms with Gasteiger partial charge in [-0.2, -0.15) is 0 Å². The lowest BCUT2D eigenvalue weighted by Crippen LogP contribution is -2.08. The molecule has 0 bridgehead atoms. The third kappa shape index (κ3) is 3.48. The maximum Gasteiger partial charge on any atom is 0.0965 e. The molecule has 0 spiro atoms. The molecule has 0 saturated heterocycles. The molecule has 0 aromatic carbocycles. The van der Waals surface area contributed by atoms with Crippen LogP contribution < -0.4 is 0 Å². The summed E-state index contributed by atoms with van der Waals surface area (Å²) in [5.74, 6) is 0. The van der Waals surface area contributed by atoms with E-state index in [1.807, 2.05) is 31.7 Å². The van der Waals surface area contributed by atoms with Crippen molar-refractivity contribution >= 4 is 11.8 Å². The monoisotopic (exact) mass is 265 g/mol. The Hall–Kier alpha value is -0.540. The normalized spacial score (nSPS) is 18.8. The van der Waals surface area contributed by atoms with Crippen LogP contribution in [-0.4, -0.2) is 15.3 Å². The number of aliphatic hydroxyl groups is 1. The van der Waals surface area contributed by atoms with Crippen LogP contribution in [0.1, 0.15) is 62.8 Å². The summed E-state index contributed by atoms with van der Waals surface area (Å²) >= 11 is 1.91. The maximum atomic E-state index is 9.88. The van der Waals surface area contributed by atoms with Crippen LogP contribution >= 0.6 is 11.8 Å². The summed E-state index contributed by atoms with van der Waals surface area (Å²) in [7, 11) is 0. The smallest absolute Gasteiger partial charge is 0.0965 e. The van der Waals surface area contributed by atoms with Gasteiger partial charge in [0.25, 0.3) is 0 Å². The lowest BCUT2D eigenvalue weighted by atomic mass is 10.0. The van der Waals surface area contributed by atoms with Crippen molar-refractivity contribution in [2.75, 3.05) is 0 Å². The molecule has 1 saturated carbocycles. The number of hydrogen-bond acceptors (Lipinski definition) is 3. The predicted octanol–water partition coefficient (Wildman–Crippen LogP) is 4.26. The largest absolute Gasteiger partial charge is 0.388 e. The third-order valence-electron chi connectivity index (χ3n) is 3.69. The number of thioether (sulfide) groups is 1. The Kier molecular flexibility index (Phi) is 5.07. The summed E-state index contributed by atoms with van der Waals surface area (Å²) in [5.41, 5.74) is 1.95. The molecule has 1 heterocycles. The number of pyridine rings is 1. The molecule has 1 aliphatic rings. The Morgan fingerprint density at radius 3 is 2.67 bits per heavy atom. The van der Waals surface area contributed by atoms with Gasteiger partial charge in [0.15, 0.2) is 0 Å². The predicted molar refractivity (Wildman–Crippen MR) is 77.0 cm³/mol. The van der Waals surface area contributed by atoms with Gasteiger partial charge in [0.1, 0.15) is 0 Å². The molecule has 1 aromatic heterocycles. The Balaban J connectivity index is 2.03. The SMILES string of the molecule is CCC(O)c1ccc(SC2CCCCC2)nc1C. The highest BCUT2D eigenvalue weighted by Crippen LogP contribution is 2.33. The summed E-state index contributed by atoms with van der Waals surface area (Å²) in [6.07, 6.45) is 7.15. The van der Waals surface area contributed by atoms with Gasteiger partial charge in [0, 0.05) is 16.5 Å². The molecule has 0 aliphatic heterocycles. The number of aromatic nitrogens is 1. The Labute approximate surface area is 114 Å². The van der Waals surface area contributed by atoms with E-state index in [0.29, 0.717) is 0 Å². The van der Waals surface area contributed by atoms with Crippen LogP contribution in [0.4, 0.5) is 0 Å². The minimum absolute atomic E-state index is 0.369. The van der Waals surface area contributed by atoms with Gasteiger partial charge in [-0.15, -0.1) is 11.8 Å². The van der Waals surface area contributed by atoms with Gasteiger partial charge in [0.05, 0.1) is 11.1 Å². The van der Waals surface area contributed by atoms with E-state index in [-0.39, 0.29) is 6.10 Å². The molecule has 3 heteroatoms. The number of aryl methyl sites for hydroxylation is 1. The molecule has 1 N–H and O–H groups in total. The molecule has 0 radical (unpaired) electrons. The van der Waals surface area contributed by atoms with Crippen LogP contribution in [0.15, 0.2) is 17.2 Å². The van der Waals surface area contributed by atoms with Crippen LogP contribution in [0.5, 0.6) is 0 Å². The van der Waals surface area contributed by atoms with Crippen LogP contribution in [0.25, 0.3) is 0 Å². The first-order valence-corrected chi connectivity index (χ1v) is 7.91. The zero-order chi connectivity index (χ0) is 13.0. The fraction of sp³-hybridized carbons (Fsp3) is 0.667. The lowest BCUT2D eigenvalue weighted by molar-refractivity contribution is 0.172. The lowest BCUT2D eigenvalue weighted by Gasteiger charge is -2.21. The summed E-state index contributed by atoms with van der Waals surface area (Å²) < 4.78 is 0. The molecule has 1 aliphatic carbocycles. The zero-order valence-electron chi connectivity index (χ0n) is 11.4. The summed E-state index contributed by atoms with van der Waals surface area (Å²) in [6, 6.07) is 4.11. The quantitative estimate of drug-likeness (QED) is 0.883. The number of nitrogens with zero attached hydrogens (tertiary/aromatic N) is 1. The molecule has 1 unspecified atom stereocenters. The van der Waals surface area contributed by atoms with Crippen molar-refractivity contribution in [2.45, 2.75) is 68.8 Å². The van der Waals surface area contributed by atoms with E-state index in [1.165, 1.54) is 32.1 Å². The van der Waals surface area contributed by atoms with E-state index in [2.05, 4.69) is 11.1 Å². The first-order chi connectivity index (χ1) is 8.70.